The molecule has 4 rings (SSSR count). The van der Waals surface area contributed by atoms with Crippen molar-refractivity contribution in [2.75, 3.05) is 13.1 Å². The van der Waals surface area contributed by atoms with Crippen molar-refractivity contribution in [2.45, 2.75) is 64.0 Å². The molecule has 3 aliphatic rings. The van der Waals surface area contributed by atoms with Crippen molar-refractivity contribution >= 4 is 5.57 Å². The van der Waals surface area contributed by atoms with E-state index in [0.29, 0.717) is 6.04 Å². The third-order valence-corrected chi connectivity index (χ3v) is 6.31. The SMILES string of the molecule is C=C1c2cccc(CCCC3CCCN3CC3=CC=CNC3CCC)c21. The number of allylic oxidation sites excluding steroid dienone is 2. The first kappa shape index (κ1) is 17.6. The molecule has 0 saturated carbocycles. The van der Waals surface area contributed by atoms with Gasteiger partial charge in [0.05, 0.1) is 0 Å². The summed E-state index contributed by atoms with van der Waals surface area (Å²) in [6.07, 6.45) is 15.6. The van der Waals surface area contributed by atoms with Crippen LogP contribution < -0.4 is 5.32 Å². The lowest BCUT2D eigenvalue weighted by Crippen LogP contribution is -2.38. The van der Waals surface area contributed by atoms with E-state index in [1.54, 1.807) is 5.57 Å². The van der Waals surface area contributed by atoms with E-state index < -0.39 is 0 Å². The molecule has 0 radical (unpaired) electrons. The third kappa shape index (κ3) is 3.66. The molecule has 138 valence electrons. The van der Waals surface area contributed by atoms with Gasteiger partial charge in [0.2, 0.25) is 0 Å². The minimum Gasteiger partial charge on any atom is -0.384 e. The van der Waals surface area contributed by atoms with Crippen LogP contribution in [0.15, 0.2) is 48.7 Å². The Morgan fingerprint density at radius 1 is 1.27 bits per heavy atom. The summed E-state index contributed by atoms with van der Waals surface area (Å²) < 4.78 is 0. The smallest absolute Gasteiger partial charge is 0.0483 e. The zero-order valence-electron chi connectivity index (χ0n) is 16.1. The van der Waals surface area contributed by atoms with Crippen molar-refractivity contribution in [3.63, 3.8) is 0 Å². The van der Waals surface area contributed by atoms with E-state index in [-0.39, 0.29) is 0 Å². The molecule has 0 spiro atoms. The lowest BCUT2D eigenvalue weighted by Gasteiger charge is -2.30. The normalized spacial score (nSPS) is 24.3. The quantitative estimate of drug-likeness (QED) is 0.717. The number of likely N-dealkylation sites (tertiary alicyclic amines) is 1. The average molecular weight is 349 g/mol. The highest BCUT2D eigenvalue weighted by molar-refractivity contribution is 6.00. The Morgan fingerprint density at radius 3 is 3.08 bits per heavy atom. The summed E-state index contributed by atoms with van der Waals surface area (Å²) in [6.45, 7) is 8.84. The fraction of sp³-hybridized carbons (Fsp3) is 0.500. The number of nitrogens with one attached hydrogen (secondary N) is 1. The van der Waals surface area contributed by atoms with E-state index in [4.69, 9.17) is 0 Å². The first-order chi connectivity index (χ1) is 12.8. The fourth-order valence-electron chi connectivity index (χ4n) is 4.83. The zero-order valence-corrected chi connectivity index (χ0v) is 16.1. The van der Waals surface area contributed by atoms with Gasteiger partial charge in [-0.05, 0) is 85.2 Å². The molecule has 2 nitrogen and oxygen atoms in total. The predicted octanol–water partition coefficient (Wildman–Crippen LogP) is 5.06. The van der Waals surface area contributed by atoms with Crippen LogP contribution >= 0.6 is 0 Å². The zero-order chi connectivity index (χ0) is 17.9. The van der Waals surface area contributed by atoms with E-state index in [2.05, 4.69) is 60.3 Å². The van der Waals surface area contributed by atoms with Crippen LogP contribution in [0.4, 0.5) is 0 Å². The molecule has 1 saturated heterocycles. The number of hydrogen-bond acceptors (Lipinski definition) is 2. The highest BCUT2D eigenvalue weighted by atomic mass is 15.2. The van der Waals surface area contributed by atoms with Crippen LogP contribution in [0, 0.1) is 0 Å². The Bertz CT molecular complexity index is 728. The van der Waals surface area contributed by atoms with Crippen LogP contribution in [0.25, 0.3) is 5.57 Å². The minimum atomic E-state index is 0.539. The van der Waals surface area contributed by atoms with Gasteiger partial charge >= 0.3 is 0 Å². The summed E-state index contributed by atoms with van der Waals surface area (Å²) in [6, 6.07) is 7.99. The van der Waals surface area contributed by atoms with Gasteiger partial charge in [0.15, 0.2) is 0 Å². The van der Waals surface area contributed by atoms with E-state index in [1.165, 1.54) is 73.8 Å². The summed E-state index contributed by atoms with van der Waals surface area (Å²) in [4.78, 5) is 2.74. The molecule has 1 aromatic carbocycles. The Labute approximate surface area is 158 Å². The molecular formula is C24H32N2. The third-order valence-electron chi connectivity index (χ3n) is 6.31. The van der Waals surface area contributed by atoms with Gasteiger partial charge in [-0.3, -0.25) is 4.90 Å². The Kier molecular flexibility index (Phi) is 5.31. The van der Waals surface area contributed by atoms with Crippen LogP contribution in [-0.2, 0) is 6.42 Å². The molecule has 0 aromatic heterocycles. The van der Waals surface area contributed by atoms with Gasteiger partial charge in [-0.2, -0.15) is 0 Å². The van der Waals surface area contributed by atoms with Crippen LogP contribution in [0.2, 0.25) is 0 Å². The second-order valence-corrected chi connectivity index (χ2v) is 8.09. The molecular weight excluding hydrogens is 316 g/mol. The summed E-state index contributed by atoms with van der Waals surface area (Å²) in [5.74, 6) is 0. The van der Waals surface area contributed by atoms with Gasteiger partial charge < -0.3 is 5.32 Å². The van der Waals surface area contributed by atoms with Crippen molar-refractivity contribution in [1.82, 2.24) is 10.2 Å². The van der Waals surface area contributed by atoms with Crippen molar-refractivity contribution < 1.29 is 0 Å². The van der Waals surface area contributed by atoms with Gasteiger partial charge in [0.1, 0.15) is 0 Å². The van der Waals surface area contributed by atoms with Gasteiger partial charge in [0.25, 0.3) is 0 Å². The van der Waals surface area contributed by atoms with Gasteiger partial charge in [-0.15, -0.1) is 0 Å². The molecule has 2 heteroatoms. The molecule has 2 aliphatic heterocycles. The minimum absolute atomic E-state index is 0.539. The number of hydrogen-bond donors (Lipinski definition) is 1. The number of nitrogens with zero attached hydrogens (tertiary/aromatic N) is 1. The number of benzene rings is 1. The largest absolute Gasteiger partial charge is 0.384 e. The first-order valence-electron chi connectivity index (χ1n) is 10.4. The van der Waals surface area contributed by atoms with Crippen LogP contribution in [0.1, 0.15) is 62.1 Å². The van der Waals surface area contributed by atoms with Crippen molar-refractivity contribution in [3.05, 3.63) is 65.4 Å². The van der Waals surface area contributed by atoms with E-state index in [9.17, 15) is 0 Å². The molecule has 0 amide bonds. The lowest BCUT2D eigenvalue weighted by atomic mass is 9.98. The number of aryl methyl sites for hydroxylation is 1. The summed E-state index contributed by atoms with van der Waals surface area (Å²) in [5, 5.41) is 3.56. The molecule has 1 aromatic rings. The van der Waals surface area contributed by atoms with Crippen LogP contribution in [0.5, 0.6) is 0 Å². The number of dihydropyridines is 1. The summed E-state index contributed by atoms with van der Waals surface area (Å²) >= 11 is 0. The van der Waals surface area contributed by atoms with Crippen LogP contribution in [-0.4, -0.2) is 30.1 Å². The van der Waals surface area contributed by atoms with Crippen molar-refractivity contribution in [2.24, 2.45) is 0 Å². The lowest BCUT2D eigenvalue weighted by molar-refractivity contribution is 0.253. The average Bonchev–Trinajstić information content (AvgIpc) is 3.11. The first-order valence-corrected chi connectivity index (χ1v) is 10.4. The standard InChI is InChI=1S/C24H32N2/c1-3-8-23-20(11-6-15-25-23)17-26-16-7-13-21(26)12-4-9-19-10-5-14-22-18(2)24(19)22/h5-6,10-11,14-15,21,23,25H,2-4,7-9,12-13,16-17H2,1H3. The molecule has 2 heterocycles. The maximum atomic E-state index is 4.15. The molecule has 0 bridgehead atoms. The van der Waals surface area contributed by atoms with E-state index >= 15 is 0 Å². The highest BCUT2D eigenvalue weighted by Gasteiger charge is 2.28. The predicted molar refractivity (Wildman–Crippen MR) is 111 cm³/mol. The summed E-state index contributed by atoms with van der Waals surface area (Å²) in [5.41, 5.74) is 7.23. The van der Waals surface area contributed by atoms with Crippen molar-refractivity contribution in [1.29, 1.82) is 0 Å². The van der Waals surface area contributed by atoms with Gasteiger partial charge in [-0.1, -0.05) is 44.2 Å². The molecule has 2 atom stereocenters. The van der Waals surface area contributed by atoms with E-state index in [0.717, 1.165) is 12.6 Å². The second kappa shape index (κ2) is 7.84. The van der Waals surface area contributed by atoms with Crippen LogP contribution in [0.3, 0.4) is 0 Å². The Hall–Kier alpha value is -1.80. The van der Waals surface area contributed by atoms with Gasteiger partial charge in [0, 0.05) is 18.6 Å². The highest BCUT2D eigenvalue weighted by Crippen LogP contribution is 2.43. The Balaban J connectivity index is 1.30. The van der Waals surface area contributed by atoms with E-state index in [1.807, 2.05) is 0 Å². The summed E-state index contributed by atoms with van der Waals surface area (Å²) in [7, 11) is 0. The second-order valence-electron chi connectivity index (χ2n) is 8.09. The van der Waals surface area contributed by atoms with Crippen molar-refractivity contribution in [3.8, 4) is 0 Å². The topological polar surface area (TPSA) is 15.3 Å². The fourth-order valence-corrected chi connectivity index (χ4v) is 4.83. The number of fused-ring (bicyclic) bond motifs is 1. The van der Waals surface area contributed by atoms with Gasteiger partial charge in [-0.25, -0.2) is 0 Å². The molecule has 1 fully saturated rings. The molecule has 26 heavy (non-hydrogen) atoms. The molecule has 1 aliphatic carbocycles. The maximum Gasteiger partial charge on any atom is 0.0483 e. The Morgan fingerprint density at radius 2 is 2.19 bits per heavy atom. The molecule has 2 unspecified atom stereocenters. The molecule has 1 N–H and O–H groups in total. The number of rotatable bonds is 8. The maximum absolute atomic E-state index is 4.15. The monoisotopic (exact) mass is 348 g/mol.